The molecule has 6 nitrogen and oxygen atoms in total. The molecule has 1 aromatic heterocycles. The molecule has 0 atom stereocenters. The second kappa shape index (κ2) is 7.04. The van der Waals surface area contributed by atoms with Gasteiger partial charge < -0.3 is 18.6 Å². The minimum absolute atomic E-state index is 0.212. The molecular weight excluding hydrogens is 308 g/mol. The molecule has 0 unspecified atom stereocenters. The Hall–Kier alpha value is -3.02. The highest BCUT2D eigenvalue weighted by atomic mass is 16.5. The van der Waals surface area contributed by atoms with E-state index in [-0.39, 0.29) is 6.61 Å². The molecule has 2 aromatic carbocycles. The second-order valence-corrected chi connectivity index (χ2v) is 5.18. The molecule has 3 rings (SSSR count). The third-order valence-corrected chi connectivity index (χ3v) is 3.45. The lowest BCUT2D eigenvalue weighted by Crippen LogP contribution is -1.95. The van der Waals surface area contributed by atoms with Gasteiger partial charge in [-0.2, -0.15) is 0 Å². The molecule has 0 amide bonds. The van der Waals surface area contributed by atoms with Crippen LogP contribution in [0.1, 0.15) is 11.5 Å². The largest absolute Gasteiger partial charge is 0.493 e. The van der Waals surface area contributed by atoms with Gasteiger partial charge >= 0.3 is 0 Å². The highest BCUT2D eigenvalue weighted by Gasteiger charge is 2.12. The van der Waals surface area contributed by atoms with E-state index in [1.807, 2.05) is 37.3 Å². The summed E-state index contributed by atoms with van der Waals surface area (Å²) in [6, 6.07) is 13.2. The van der Waals surface area contributed by atoms with E-state index in [1.165, 1.54) is 0 Å². The fourth-order valence-corrected chi connectivity index (χ4v) is 2.25. The normalized spacial score (nSPS) is 10.5. The van der Waals surface area contributed by atoms with Gasteiger partial charge in [-0.05, 0) is 42.8 Å². The van der Waals surface area contributed by atoms with Gasteiger partial charge in [0.2, 0.25) is 5.89 Å². The van der Waals surface area contributed by atoms with Crippen LogP contribution in [0.3, 0.4) is 0 Å². The number of ether oxygens (including phenoxy) is 3. The fraction of sp³-hybridized carbons (Fsp3) is 0.222. The Morgan fingerprint density at radius 2 is 1.79 bits per heavy atom. The Morgan fingerprint density at radius 1 is 0.958 bits per heavy atom. The monoisotopic (exact) mass is 326 g/mol. The Labute approximate surface area is 140 Å². The average Bonchev–Trinajstić information content (AvgIpc) is 3.08. The van der Waals surface area contributed by atoms with E-state index >= 15 is 0 Å². The number of benzene rings is 2. The number of aromatic nitrogens is 2. The molecule has 0 spiro atoms. The first-order valence-electron chi connectivity index (χ1n) is 7.44. The van der Waals surface area contributed by atoms with E-state index in [0.29, 0.717) is 23.3 Å². The molecule has 0 bridgehead atoms. The van der Waals surface area contributed by atoms with Gasteiger partial charge in [-0.3, -0.25) is 0 Å². The molecule has 24 heavy (non-hydrogen) atoms. The molecule has 0 aliphatic carbocycles. The fourth-order valence-electron chi connectivity index (χ4n) is 2.25. The SMILES string of the molecule is COc1ccc(-c2nnc(COc3cccc(C)c3)o2)cc1OC. The first kappa shape index (κ1) is 15.9. The topological polar surface area (TPSA) is 66.6 Å². The first-order valence-corrected chi connectivity index (χ1v) is 7.44. The maximum absolute atomic E-state index is 5.66. The summed E-state index contributed by atoms with van der Waals surface area (Å²) < 4.78 is 21.8. The number of rotatable bonds is 6. The van der Waals surface area contributed by atoms with Crippen molar-refractivity contribution in [3.8, 4) is 28.7 Å². The minimum Gasteiger partial charge on any atom is -0.493 e. The van der Waals surface area contributed by atoms with E-state index < -0.39 is 0 Å². The van der Waals surface area contributed by atoms with Crippen LogP contribution in [-0.2, 0) is 6.61 Å². The van der Waals surface area contributed by atoms with Gasteiger partial charge in [-0.1, -0.05) is 12.1 Å². The van der Waals surface area contributed by atoms with Crippen LogP contribution in [0.5, 0.6) is 17.2 Å². The molecule has 6 heteroatoms. The molecule has 124 valence electrons. The predicted octanol–water partition coefficient (Wildman–Crippen LogP) is 3.64. The van der Waals surface area contributed by atoms with Crippen molar-refractivity contribution in [2.24, 2.45) is 0 Å². The van der Waals surface area contributed by atoms with Gasteiger partial charge in [0, 0.05) is 5.56 Å². The van der Waals surface area contributed by atoms with Crippen molar-refractivity contribution in [2.45, 2.75) is 13.5 Å². The number of methoxy groups -OCH3 is 2. The molecule has 0 fully saturated rings. The van der Waals surface area contributed by atoms with Gasteiger partial charge in [-0.15, -0.1) is 10.2 Å². The number of hydrogen-bond donors (Lipinski definition) is 0. The summed E-state index contributed by atoms with van der Waals surface area (Å²) in [6.45, 7) is 2.22. The smallest absolute Gasteiger partial charge is 0.254 e. The summed E-state index contributed by atoms with van der Waals surface area (Å²) in [4.78, 5) is 0. The van der Waals surface area contributed by atoms with Crippen molar-refractivity contribution in [1.82, 2.24) is 10.2 Å². The highest BCUT2D eigenvalue weighted by Crippen LogP contribution is 2.31. The Bertz CT molecular complexity index is 829. The van der Waals surface area contributed by atoms with Crippen molar-refractivity contribution >= 4 is 0 Å². The average molecular weight is 326 g/mol. The van der Waals surface area contributed by atoms with Gasteiger partial charge in [0.15, 0.2) is 18.1 Å². The van der Waals surface area contributed by atoms with Crippen LogP contribution in [0.2, 0.25) is 0 Å². The van der Waals surface area contributed by atoms with E-state index in [0.717, 1.165) is 16.9 Å². The standard InChI is InChI=1S/C18H18N2O4/c1-12-5-4-6-14(9-12)23-11-17-19-20-18(24-17)13-7-8-15(21-2)16(10-13)22-3/h4-10H,11H2,1-3H3. The van der Waals surface area contributed by atoms with E-state index in [1.54, 1.807) is 26.4 Å². The van der Waals surface area contributed by atoms with E-state index in [9.17, 15) is 0 Å². The number of hydrogen-bond acceptors (Lipinski definition) is 6. The van der Waals surface area contributed by atoms with Crippen molar-refractivity contribution < 1.29 is 18.6 Å². The van der Waals surface area contributed by atoms with Crippen molar-refractivity contribution in [2.75, 3.05) is 14.2 Å². The third kappa shape index (κ3) is 3.48. The van der Waals surface area contributed by atoms with Gasteiger partial charge in [-0.25, -0.2) is 0 Å². The maximum Gasteiger partial charge on any atom is 0.254 e. The van der Waals surface area contributed by atoms with Crippen molar-refractivity contribution in [3.05, 3.63) is 53.9 Å². The minimum atomic E-state index is 0.212. The van der Waals surface area contributed by atoms with E-state index in [4.69, 9.17) is 18.6 Å². The number of nitrogens with zero attached hydrogens (tertiary/aromatic N) is 2. The molecular formula is C18H18N2O4. The van der Waals surface area contributed by atoms with Crippen LogP contribution in [0, 0.1) is 6.92 Å². The van der Waals surface area contributed by atoms with Gasteiger partial charge in [0.25, 0.3) is 5.89 Å². The third-order valence-electron chi connectivity index (χ3n) is 3.45. The lowest BCUT2D eigenvalue weighted by atomic mass is 10.2. The molecule has 3 aromatic rings. The quantitative estimate of drug-likeness (QED) is 0.689. The zero-order valence-corrected chi connectivity index (χ0v) is 13.8. The Morgan fingerprint density at radius 3 is 2.54 bits per heavy atom. The lowest BCUT2D eigenvalue weighted by molar-refractivity contribution is 0.264. The van der Waals surface area contributed by atoms with Crippen LogP contribution in [0.4, 0.5) is 0 Å². The van der Waals surface area contributed by atoms with Crippen LogP contribution >= 0.6 is 0 Å². The highest BCUT2D eigenvalue weighted by molar-refractivity contribution is 5.59. The maximum atomic E-state index is 5.66. The molecule has 0 N–H and O–H groups in total. The summed E-state index contributed by atoms with van der Waals surface area (Å²) >= 11 is 0. The van der Waals surface area contributed by atoms with Crippen LogP contribution in [-0.4, -0.2) is 24.4 Å². The Balaban J connectivity index is 1.73. The first-order chi connectivity index (χ1) is 11.7. The molecule has 0 radical (unpaired) electrons. The van der Waals surface area contributed by atoms with Gasteiger partial charge in [0.05, 0.1) is 14.2 Å². The summed E-state index contributed by atoms with van der Waals surface area (Å²) in [6.07, 6.45) is 0. The molecule has 0 aliphatic rings. The molecule has 0 saturated heterocycles. The molecule has 0 aliphatic heterocycles. The molecule has 0 saturated carbocycles. The van der Waals surface area contributed by atoms with Crippen LogP contribution in [0.15, 0.2) is 46.9 Å². The van der Waals surface area contributed by atoms with Crippen LogP contribution in [0.25, 0.3) is 11.5 Å². The van der Waals surface area contributed by atoms with Gasteiger partial charge in [0.1, 0.15) is 5.75 Å². The zero-order valence-electron chi connectivity index (χ0n) is 13.8. The lowest BCUT2D eigenvalue weighted by Gasteiger charge is -2.07. The Kier molecular flexibility index (Phi) is 4.65. The number of aryl methyl sites for hydroxylation is 1. The van der Waals surface area contributed by atoms with Crippen molar-refractivity contribution in [1.29, 1.82) is 0 Å². The second-order valence-electron chi connectivity index (χ2n) is 5.18. The summed E-state index contributed by atoms with van der Waals surface area (Å²) in [5, 5.41) is 8.07. The summed E-state index contributed by atoms with van der Waals surface area (Å²) in [7, 11) is 3.17. The van der Waals surface area contributed by atoms with Crippen molar-refractivity contribution in [3.63, 3.8) is 0 Å². The summed E-state index contributed by atoms with van der Waals surface area (Å²) in [5.74, 6) is 2.82. The predicted molar refractivity (Wildman–Crippen MR) is 88.3 cm³/mol. The van der Waals surface area contributed by atoms with E-state index in [2.05, 4.69) is 10.2 Å². The summed E-state index contributed by atoms with van der Waals surface area (Å²) in [5.41, 5.74) is 1.88. The van der Waals surface area contributed by atoms with Crippen LogP contribution < -0.4 is 14.2 Å². The zero-order chi connectivity index (χ0) is 16.9. The molecule has 1 heterocycles.